The summed E-state index contributed by atoms with van der Waals surface area (Å²) in [6, 6.07) is 4.78. The molecule has 0 saturated carbocycles. The second-order valence-electron chi connectivity index (χ2n) is 6.42. The normalized spacial score (nSPS) is 26.7. The third-order valence-corrected chi connectivity index (χ3v) is 5.04. The molecule has 2 aliphatic rings. The van der Waals surface area contributed by atoms with Gasteiger partial charge in [0.05, 0.1) is 5.60 Å². The Morgan fingerprint density at radius 1 is 1.29 bits per heavy atom. The highest BCUT2D eigenvalue weighted by atomic mass is 19.1. The number of hydrogen-bond acceptors (Lipinski definition) is 3. The Bertz CT molecular complexity index is 494. The summed E-state index contributed by atoms with van der Waals surface area (Å²) < 4.78 is 25.0. The van der Waals surface area contributed by atoms with Gasteiger partial charge in [0.25, 0.3) is 0 Å². The Morgan fingerprint density at radius 2 is 2.05 bits per heavy atom. The highest BCUT2D eigenvalue weighted by Crippen LogP contribution is 2.41. The van der Waals surface area contributed by atoms with E-state index in [1.807, 2.05) is 13.0 Å². The number of hydrogen-bond donors (Lipinski definition) is 1. The number of halogens is 1. The minimum absolute atomic E-state index is 0.0694. The molecular weight excluding hydrogens is 269 g/mol. The minimum Gasteiger partial charge on any atom is -0.381 e. The van der Waals surface area contributed by atoms with Crippen LogP contribution < -0.4 is 5.73 Å². The molecule has 2 saturated heterocycles. The van der Waals surface area contributed by atoms with Gasteiger partial charge in [-0.3, -0.25) is 0 Å². The molecule has 0 bridgehead atoms. The van der Waals surface area contributed by atoms with Crippen molar-refractivity contribution in [2.24, 2.45) is 11.7 Å². The number of rotatable bonds is 2. The van der Waals surface area contributed by atoms with Crippen molar-refractivity contribution in [2.45, 2.75) is 44.2 Å². The van der Waals surface area contributed by atoms with Crippen LogP contribution in [0.3, 0.4) is 0 Å². The summed E-state index contributed by atoms with van der Waals surface area (Å²) in [6.07, 6.45) is 3.78. The van der Waals surface area contributed by atoms with Crippen LogP contribution in [0.2, 0.25) is 0 Å². The van der Waals surface area contributed by atoms with Crippen LogP contribution in [0.5, 0.6) is 0 Å². The molecule has 0 amide bonds. The summed E-state index contributed by atoms with van der Waals surface area (Å²) in [6.45, 7) is 4.27. The van der Waals surface area contributed by atoms with E-state index >= 15 is 0 Å². The van der Waals surface area contributed by atoms with Crippen LogP contribution in [0.1, 0.15) is 42.9 Å². The molecule has 4 heteroatoms. The summed E-state index contributed by atoms with van der Waals surface area (Å²) in [5, 5.41) is 0. The molecule has 1 aromatic carbocycles. The highest BCUT2D eigenvalue weighted by Gasteiger charge is 2.41. The molecule has 2 aliphatic heterocycles. The molecule has 1 aromatic rings. The van der Waals surface area contributed by atoms with Gasteiger partial charge in [0, 0.05) is 25.9 Å². The van der Waals surface area contributed by atoms with E-state index in [2.05, 4.69) is 0 Å². The van der Waals surface area contributed by atoms with Crippen LogP contribution >= 0.6 is 0 Å². The predicted octanol–water partition coefficient (Wildman–Crippen LogP) is 3.11. The molecule has 0 aromatic heterocycles. The number of aryl methyl sites for hydroxylation is 1. The van der Waals surface area contributed by atoms with E-state index in [9.17, 15) is 4.39 Å². The molecule has 2 unspecified atom stereocenters. The first-order chi connectivity index (χ1) is 10.1. The largest absolute Gasteiger partial charge is 0.381 e. The summed E-state index contributed by atoms with van der Waals surface area (Å²) in [7, 11) is 0. The molecule has 1 spiro atoms. The Kier molecular flexibility index (Phi) is 4.29. The average Bonchev–Trinajstić information content (AvgIpc) is 2.50. The molecule has 0 aliphatic carbocycles. The Hall–Kier alpha value is -0.970. The van der Waals surface area contributed by atoms with E-state index in [4.69, 9.17) is 15.2 Å². The first-order valence-corrected chi connectivity index (χ1v) is 7.83. The second-order valence-corrected chi connectivity index (χ2v) is 6.42. The molecule has 0 radical (unpaired) electrons. The average molecular weight is 293 g/mol. The first kappa shape index (κ1) is 14.9. The van der Waals surface area contributed by atoms with Gasteiger partial charge in [-0.15, -0.1) is 0 Å². The zero-order valence-electron chi connectivity index (χ0n) is 12.6. The van der Waals surface area contributed by atoms with Crippen molar-refractivity contribution in [3.63, 3.8) is 0 Å². The number of nitrogens with two attached hydrogens (primary N) is 1. The maximum Gasteiger partial charge on any atom is 0.123 e. The zero-order valence-corrected chi connectivity index (χ0v) is 12.6. The smallest absolute Gasteiger partial charge is 0.123 e. The Labute approximate surface area is 125 Å². The lowest BCUT2D eigenvalue weighted by Crippen LogP contribution is -2.46. The summed E-state index contributed by atoms with van der Waals surface area (Å²) in [5.41, 5.74) is 8.41. The van der Waals surface area contributed by atoms with Crippen molar-refractivity contribution in [3.8, 4) is 0 Å². The molecule has 116 valence electrons. The fraction of sp³-hybridized carbons (Fsp3) is 0.647. The van der Waals surface area contributed by atoms with E-state index in [0.29, 0.717) is 5.92 Å². The third kappa shape index (κ3) is 3.12. The Morgan fingerprint density at radius 3 is 2.81 bits per heavy atom. The van der Waals surface area contributed by atoms with E-state index < -0.39 is 0 Å². The van der Waals surface area contributed by atoms with E-state index in [-0.39, 0.29) is 17.5 Å². The number of ether oxygens (including phenoxy) is 2. The standard InChI is InChI=1S/C17H24FNO2/c1-12-2-3-14(18)10-15(12)16(19)13-4-7-21-17(11-13)5-8-20-9-6-17/h2-3,10,13,16H,4-9,11,19H2,1H3. The molecule has 2 heterocycles. The highest BCUT2D eigenvalue weighted by molar-refractivity contribution is 5.30. The summed E-state index contributed by atoms with van der Waals surface area (Å²) in [5.74, 6) is 0.135. The molecule has 21 heavy (non-hydrogen) atoms. The predicted molar refractivity (Wildman–Crippen MR) is 79.5 cm³/mol. The van der Waals surface area contributed by atoms with Crippen LogP contribution in [0.15, 0.2) is 18.2 Å². The van der Waals surface area contributed by atoms with Crippen LogP contribution in [0.4, 0.5) is 4.39 Å². The lowest BCUT2D eigenvalue weighted by Gasteiger charge is -2.45. The van der Waals surface area contributed by atoms with Gasteiger partial charge >= 0.3 is 0 Å². The molecule has 2 N–H and O–H groups in total. The van der Waals surface area contributed by atoms with E-state index in [0.717, 1.165) is 56.6 Å². The summed E-state index contributed by atoms with van der Waals surface area (Å²) in [4.78, 5) is 0. The zero-order chi connectivity index (χ0) is 14.9. The fourth-order valence-electron chi connectivity index (χ4n) is 3.69. The van der Waals surface area contributed by atoms with Crippen molar-refractivity contribution in [1.29, 1.82) is 0 Å². The van der Waals surface area contributed by atoms with Crippen LogP contribution in [-0.4, -0.2) is 25.4 Å². The van der Waals surface area contributed by atoms with Gasteiger partial charge in [-0.25, -0.2) is 4.39 Å². The van der Waals surface area contributed by atoms with Crippen molar-refractivity contribution < 1.29 is 13.9 Å². The van der Waals surface area contributed by atoms with Crippen molar-refractivity contribution in [2.75, 3.05) is 19.8 Å². The van der Waals surface area contributed by atoms with Gasteiger partial charge < -0.3 is 15.2 Å². The summed E-state index contributed by atoms with van der Waals surface area (Å²) >= 11 is 0. The topological polar surface area (TPSA) is 44.5 Å². The van der Waals surface area contributed by atoms with E-state index in [1.165, 1.54) is 6.07 Å². The van der Waals surface area contributed by atoms with Gasteiger partial charge in [0.15, 0.2) is 0 Å². The van der Waals surface area contributed by atoms with Crippen LogP contribution in [-0.2, 0) is 9.47 Å². The molecule has 3 rings (SSSR count). The first-order valence-electron chi connectivity index (χ1n) is 7.83. The molecule has 2 fully saturated rings. The Balaban J connectivity index is 1.77. The maximum absolute atomic E-state index is 13.5. The van der Waals surface area contributed by atoms with Crippen molar-refractivity contribution >= 4 is 0 Å². The van der Waals surface area contributed by atoms with Gasteiger partial charge in [-0.2, -0.15) is 0 Å². The number of benzene rings is 1. The fourth-order valence-corrected chi connectivity index (χ4v) is 3.69. The van der Waals surface area contributed by atoms with E-state index in [1.54, 1.807) is 6.07 Å². The van der Waals surface area contributed by atoms with Crippen LogP contribution in [0.25, 0.3) is 0 Å². The minimum atomic E-state index is -0.209. The van der Waals surface area contributed by atoms with Gasteiger partial charge in [0.2, 0.25) is 0 Å². The SMILES string of the molecule is Cc1ccc(F)cc1C(N)C1CCOC2(CCOCC2)C1. The van der Waals surface area contributed by atoms with Crippen LogP contribution in [0, 0.1) is 18.7 Å². The molecular formula is C17H24FNO2. The lowest BCUT2D eigenvalue weighted by atomic mass is 9.76. The van der Waals surface area contributed by atoms with Crippen molar-refractivity contribution in [3.05, 3.63) is 35.1 Å². The maximum atomic E-state index is 13.5. The van der Waals surface area contributed by atoms with Crippen molar-refractivity contribution in [1.82, 2.24) is 0 Å². The molecule has 3 nitrogen and oxygen atoms in total. The third-order valence-electron chi connectivity index (χ3n) is 5.04. The lowest BCUT2D eigenvalue weighted by molar-refractivity contribution is -0.149. The quantitative estimate of drug-likeness (QED) is 0.911. The van der Waals surface area contributed by atoms with Gasteiger partial charge in [-0.05, 0) is 61.8 Å². The monoisotopic (exact) mass is 293 g/mol. The second kappa shape index (κ2) is 6.03. The van der Waals surface area contributed by atoms with Gasteiger partial charge in [-0.1, -0.05) is 6.07 Å². The molecule has 2 atom stereocenters. The van der Waals surface area contributed by atoms with Gasteiger partial charge in [0.1, 0.15) is 5.82 Å².